The minimum atomic E-state index is -3.92. The summed E-state index contributed by atoms with van der Waals surface area (Å²) < 4.78 is 26.6. The number of rotatable bonds is 5. The SMILES string of the molecule is NC(=O)c1ccsc1NS(=O)(=O)c1ccc(C(=O)O)cc1. The zero-order valence-electron chi connectivity index (χ0n) is 10.4. The lowest BCUT2D eigenvalue weighted by molar-refractivity contribution is 0.0696. The molecule has 0 radical (unpaired) electrons. The summed E-state index contributed by atoms with van der Waals surface area (Å²) in [6.07, 6.45) is 0. The largest absolute Gasteiger partial charge is 0.478 e. The van der Waals surface area contributed by atoms with Crippen molar-refractivity contribution in [2.24, 2.45) is 5.73 Å². The molecule has 7 nitrogen and oxygen atoms in total. The van der Waals surface area contributed by atoms with Crippen molar-refractivity contribution >= 4 is 38.2 Å². The molecule has 2 rings (SSSR count). The average Bonchev–Trinajstić information content (AvgIpc) is 2.86. The average molecular weight is 326 g/mol. The van der Waals surface area contributed by atoms with Crippen molar-refractivity contribution in [1.82, 2.24) is 0 Å². The molecule has 21 heavy (non-hydrogen) atoms. The van der Waals surface area contributed by atoms with Crippen molar-refractivity contribution in [3.8, 4) is 0 Å². The molecule has 0 aliphatic heterocycles. The van der Waals surface area contributed by atoms with E-state index in [4.69, 9.17) is 10.8 Å². The Bertz CT molecular complexity index is 793. The maximum atomic E-state index is 12.2. The topological polar surface area (TPSA) is 127 Å². The van der Waals surface area contributed by atoms with Gasteiger partial charge in [-0.15, -0.1) is 11.3 Å². The molecule has 0 unspecified atom stereocenters. The Kier molecular flexibility index (Phi) is 3.96. The molecule has 0 saturated carbocycles. The van der Waals surface area contributed by atoms with Crippen LogP contribution in [0.15, 0.2) is 40.6 Å². The van der Waals surface area contributed by atoms with Crippen LogP contribution in [0.3, 0.4) is 0 Å². The maximum Gasteiger partial charge on any atom is 0.335 e. The number of carbonyl (C=O) groups excluding carboxylic acids is 1. The number of amides is 1. The molecule has 1 aromatic carbocycles. The van der Waals surface area contributed by atoms with Gasteiger partial charge in [-0.2, -0.15) is 0 Å². The van der Waals surface area contributed by atoms with Crippen LogP contribution in [0.4, 0.5) is 5.00 Å². The molecule has 0 aliphatic carbocycles. The monoisotopic (exact) mass is 326 g/mol. The number of benzene rings is 1. The van der Waals surface area contributed by atoms with Crippen molar-refractivity contribution in [2.45, 2.75) is 4.90 Å². The summed E-state index contributed by atoms with van der Waals surface area (Å²) in [5, 5.41) is 10.4. The van der Waals surface area contributed by atoms with Crippen LogP contribution >= 0.6 is 11.3 Å². The second-order valence-electron chi connectivity index (χ2n) is 3.96. The number of carbonyl (C=O) groups is 2. The fourth-order valence-corrected chi connectivity index (χ4v) is 3.66. The summed E-state index contributed by atoms with van der Waals surface area (Å²) in [4.78, 5) is 21.8. The molecule has 110 valence electrons. The van der Waals surface area contributed by atoms with Gasteiger partial charge in [-0.05, 0) is 35.7 Å². The zero-order valence-corrected chi connectivity index (χ0v) is 12.1. The van der Waals surface area contributed by atoms with Crippen LogP contribution in [-0.2, 0) is 10.0 Å². The van der Waals surface area contributed by atoms with Gasteiger partial charge in [0.1, 0.15) is 5.00 Å². The van der Waals surface area contributed by atoms with Crippen molar-refractivity contribution < 1.29 is 23.1 Å². The first-order valence-corrected chi connectivity index (χ1v) is 7.91. The van der Waals surface area contributed by atoms with E-state index in [2.05, 4.69) is 4.72 Å². The minimum Gasteiger partial charge on any atom is -0.478 e. The molecule has 0 spiro atoms. The van der Waals surface area contributed by atoms with E-state index in [0.717, 1.165) is 11.3 Å². The normalized spacial score (nSPS) is 11.0. The van der Waals surface area contributed by atoms with E-state index >= 15 is 0 Å². The lowest BCUT2D eigenvalue weighted by atomic mass is 10.2. The molecule has 0 bridgehead atoms. The van der Waals surface area contributed by atoms with Gasteiger partial charge in [-0.3, -0.25) is 9.52 Å². The van der Waals surface area contributed by atoms with E-state index in [9.17, 15) is 18.0 Å². The Labute approximate surface area is 124 Å². The summed E-state index contributed by atoms with van der Waals surface area (Å²) in [5.41, 5.74) is 5.19. The van der Waals surface area contributed by atoms with E-state index in [1.807, 2.05) is 0 Å². The van der Waals surface area contributed by atoms with Crippen molar-refractivity contribution in [1.29, 1.82) is 0 Å². The first-order chi connectivity index (χ1) is 9.81. The second-order valence-corrected chi connectivity index (χ2v) is 6.56. The predicted molar refractivity (Wildman–Crippen MR) is 77.0 cm³/mol. The standard InChI is InChI=1S/C12H10N2O5S2/c13-10(15)9-5-6-20-11(9)14-21(18,19)8-3-1-7(2-4-8)12(16)17/h1-6,14H,(H2,13,15)(H,16,17). The molecular formula is C12H10N2O5S2. The number of hydrogen-bond donors (Lipinski definition) is 3. The van der Waals surface area contributed by atoms with Crippen LogP contribution in [0.25, 0.3) is 0 Å². The second kappa shape index (κ2) is 5.54. The van der Waals surface area contributed by atoms with Crippen LogP contribution < -0.4 is 10.5 Å². The number of primary amides is 1. The van der Waals surface area contributed by atoms with Gasteiger partial charge in [0.15, 0.2) is 0 Å². The number of carboxylic acid groups (broad SMARTS) is 1. The first-order valence-electron chi connectivity index (χ1n) is 5.55. The number of sulfonamides is 1. The molecule has 9 heteroatoms. The lowest BCUT2D eigenvalue weighted by Gasteiger charge is -2.07. The molecule has 0 aliphatic rings. The molecule has 2 aromatic rings. The van der Waals surface area contributed by atoms with Gasteiger partial charge in [-0.25, -0.2) is 13.2 Å². The van der Waals surface area contributed by atoms with Crippen molar-refractivity contribution in [3.63, 3.8) is 0 Å². The maximum absolute atomic E-state index is 12.2. The van der Waals surface area contributed by atoms with Gasteiger partial charge in [0.25, 0.3) is 15.9 Å². The summed E-state index contributed by atoms with van der Waals surface area (Å²) in [7, 11) is -3.92. The first kappa shape index (κ1) is 15.0. The smallest absolute Gasteiger partial charge is 0.335 e. The third-order valence-electron chi connectivity index (χ3n) is 2.57. The third-order valence-corrected chi connectivity index (χ3v) is 4.89. The van der Waals surface area contributed by atoms with Gasteiger partial charge >= 0.3 is 5.97 Å². The quantitative estimate of drug-likeness (QED) is 0.764. The van der Waals surface area contributed by atoms with Crippen LogP contribution in [0.2, 0.25) is 0 Å². The van der Waals surface area contributed by atoms with Crippen LogP contribution in [0.5, 0.6) is 0 Å². The number of thiophene rings is 1. The molecule has 0 atom stereocenters. The molecular weight excluding hydrogens is 316 g/mol. The van der Waals surface area contributed by atoms with E-state index in [1.165, 1.54) is 35.7 Å². The van der Waals surface area contributed by atoms with Gasteiger partial charge in [0, 0.05) is 0 Å². The van der Waals surface area contributed by atoms with Crippen LogP contribution in [-0.4, -0.2) is 25.4 Å². The fraction of sp³-hybridized carbons (Fsp3) is 0. The molecule has 1 heterocycles. The number of carboxylic acids is 1. The van der Waals surface area contributed by atoms with Crippen LogP contribution in [0.1, 0.15) is 20.7 Å². The highest BCUT2D eigenvalue weighted by Crippen LogP contribution is 2.26. The molecule has 4 N–H and O–H groups in total. The molecule has 1 amide bonds. The van der Waals surface area contributed by atoms with E-state index in [1.54, 1.807) is 0 Å². The number of hydrogen-bond acceptors (Lipinski definition) is 5. The van der Waals surface area contributed by atoms with E-state index < -0.39 is 21.9 Å². The Balaban J connectivity index is 2.32. The predicted octanol–water partition coefficient (Wildman–Crippen LogP) is 1.35. The Morgan fingerprint density at radius 2 is 1.76 bits per heavy atom. The highest BCUT2D eigenvalue weighted by molar-refractivity contribution is 7.93. The Hall–Kier alpha value is -2.39. The Morgan fingerprint density at radius 3 is 2.29 bits per heavy atom. The molecule has 0 fully saturated rings. The fourth-order valence-electron chi connectivity index (χ4n) is 1.54. The minimum absolute atomic E-state index is 0.0251. The highest BCUT2D eigenvalue weighted by atomic mass is 32.2. The van der Waals surface area contributed by atoms with Gasteiger partial charge in [0.2, 0.25) is 0 Å². The van der Waals surface area contributed by atoms with Gasteiger partial charge in [-0.1, -0.05) is 0 Å². The van der Waals surface area contributed by atoms with Gasteiger partial charge in [0.05, 0.1) is 16.0 Å². The summed E-state index contributed by atoms with van der Waals surface area (Å²) in [6, 6.07) is 6.12. The zero-order chi connectivity index (χ0) is 15.6. The van der Waals surface area contributed by atoms with E-state index in [-0.39, 0.29) is 21.0 Å². The summed E-state index contributed by atoms with van der Waals surface area (Å²) in [6.45, 7) is 0. The molecule has 0 saturated heterocycles. The van der Waals surface area contributed by atoms with Gasteiger partial charge < -0.3 is 10.8 Å². The van der Waals surface area contributed by atoms with Crippen molar-refractivity contribution in [3.05, 3.63) is 46.8 Å². The number of aromatic carboxylic acids is 1. The van der Waals surface area contributed by atoms with Crippen molar-refractivity contribution in [2.75, 3.05) is 4.72 Å². The van der Waals surface area contributed by atoms with Crippen LogP contribution in [0, 0.1) is 0 Å². The number of nitrogens with two attached hydrogens (primary N) is 1. The number of nitrogens with one attached hydrogen (secondary N) is 1. The Morgan fingerprint density at radius 1 is 1.14 bits per heavy atom. The third kappa shape index (κ3) is 3.20. The number of anilines is 1. The summed E-state index contributed by atoms with van der Waals surface area (Å²) >= 11 is 1.02. The highest BCUT2D eigenvalue weighted by Gasteiger charge is 2.19. The lowest BCUT2D eigenvalue weighted by Crippen LogP contribution is -2.17. The summed E-state index contributed by atoms with van der Waals surface area (Å²) in [5.74, 6) is -1.89. The van der Waals surface area contributed by atoms with E-state index in [0.29, 0.717) is 0 Å². The molecule has 1 aromatic heterocycles.